The Hall–Kier alpha value is 0.110. The van der Waals surface area contributed by atoms with Gasteiger partial charge in [-0.2, -0.15) is 0 Å². The Morgan fingerprint density at radius 1 is 1.24 bits per heavy atom. The van der Waals surface area contributed by atoms with Crippen molar-refractivity contribution in [2.75, 3.05) is 6.54 Å². The SMILES string of the molecule is CCNC1CCC(C(C)C)CC1S(=O)C(C)C. The molecule has 1 N–H and O–H groups in total. The molecule has 0 aromatic heterocycles. The van der Waals surface area contributed by atoms with E-state index in [2.05, 4.69) is 39.9 Å². The average Bonchev–Trinajstić information content (AvgIpc) is 2.28. The number of nitrogens with one attached hydrogen (secondary N) is 1. The van der Waals surface area contributed by atoms with Crippen LogP contribution in [0.5, 0.6) is 0 Å². The Bertz CT molecular complexity index is 253. The molecule has 102 valence electrons. The van der Waals surface area contributed by atoms with Gasteiger partial charge in [-0.15, -0.1) is 0 Å². The molecule has 1 saturated carbocycles. The third-order valence-corrected chi connectivity index (χ3v) is 6.05. The standard InChI is InChI=1S/C14H29NOS/c1-6-15-13-8-7-12(10(2)3)9-14(13)17(16)11(4)5/h10-15H,6-9H2,1-5H3. The van der Waals surface area contributed by atoms with E-state index in [1.165, 1.54) is 12.8 Å². The first-order valence-electron chi connectivity index (χ1n) is 7.10. The second kappa shape index (κ2) is 6.89. The quantitative estimate of drug-likeness (QED) is 0.822. The van der Waals surface area contributed by atoms with Gasteiger partial charge in [0.1, 0.15) is 0 Å². The smallest absolute Gasteiger partial charge is 0.0506 e. The van der Waals surface area contributed by atoms with Gasteiger partial charge in [0.05, 0.1) is 5.25 Å². The second-order valence-electron chi connectivity index (χ2n) is 5.90. The van der Waals surface area contributed by atoms with E-state index in [-0.39, 0.29) is 5.25 Å². The normalized spacial score (nSPS) is 32.1. The molecule has 0 heterocycles. The van der Waals surface area contributed by atoms with Gasteiger partial charge in [0.15, 0.2) is 0 Å². The van der Waals surface area contributed by atoms with E-state index < -0.39 is 10.8 Å². The van der Waals surface area contributed by atoms with Crippen molar-refractivity contribution in [1.82, 2.24) is 5.32 Å². The molecule has 0 aromatic carbocycles. The molecule has 0 spiro atoms. The summed E-state index contributed by atoms with van der Waals surface area (Å²) >= 11 is 0. The third kappa shape index (κ3) is 4.06. The summed E-state index contributed by atoms with van der Waals surface area (Å²) in [7, 11) is -0.689. The van der Waals surface area contributed by atoms with Gasteiger partial charge in [0, 0.05) is 22.1 Å². The van der Waals surface area contributed by atoms with Crippen molar-refractivity contribution >= 4 is 10.8 Å². The lowest BCUT2D eigenvalue weighted by molar-refractivity contribution is 0.245. The number of rotatable bonds is 5. The summed E-state index contributed by atoms with van der Waals surface area (Å²) in [5, 5.41) is 4.18. The molecule has 0 bridgehead atoms. The van der Waals surface area contributed by atoms with E-state index in [0.29, 0.717) is 11.3 Å². The van der Waals surface area contributed by atoms with E-state index in [1.54, 1.807) is 0 Å². The maximum absolute atomic E-state index is 12.4. The highest BCUT2D eigenvalue weighted by Gasteiger charge is 2.35. The van der Waals surface area contributed by atoms with Crippen LogP contribution in [0.25, 0.3) is 0 Å². The van der Waals surface area contributed by atoms with Crippen LogP contribution in [0.4, 0.5) is 0 Å². The third-order valence-electron chi connectivity index (χ3n) is 4.00. The van der Waals surface area contributed by atoms with Gasteiger partial charge in [0.25, 0.3) is 0 Å². The first-order chi connectivity index (χ1) is 7.97. The second-order valence-corrected chi connectivity index (χ2v) is 8.10. The molecule has 1 rings (SSSR count). The molecule has 2 nitrogen and oxygen atoms in total. The predicted molar refractivity (Wildman–Crippen MR) is 76.7 cm³/mol. The van der Waals surface area contributed by atoms with Crippen LogP contribution in [-0.4, -0.2) is 27.3 Å². The lowest BCUT2D eigenvalue weighted by atomic mass is 9.79. The summed E-state index contributed by atoms with van der Waals surface area (Å²) in [5.74, 6) is 1.49. The molecular formula is C14H29NOS. The molecule has 1 aliphatic carbocycles. The Kier molecular flexibility index (Phi) is 6.14. The van der Waals surface area contributed by atoms with E-state index in [0.717, 1.165) is 24.8 Å². The molecule has 0 saturated heterocycles. The summed E-state index contributed by atoms with van der Waals surface area (Å²) in [6.45, 7) is 11.9. The van der Waals surface area contributed by atoms with Gasteiger partial charge >= 0.3 is 0 Å². The van der Waals surface area contributed by atoms with Gasteiger partial charge in [-0.3, -0.25) is 4.21 Å². The molecule has 0 amide bonds. The van der Waals surface area contributed by atoms with Gasteiger partial charge in [-0.05, 0) is 37.6 Å². The molecule has 0 aromatic rings. The zero-order chi connectivity index (χ0) is 13.0. The van der Waals surface area contributed by atoms with E-state index in [1.807, 2.05) is 0 Å². The Morgan fingerprint density at radius 2 is 1.88 bits per heavy atom. The molecule has 17 heavy (non-hydrogen) atoms. The lowest BCUT2D eigenvalue weighted by Gasteiger charge is -2.38. The highest BCUT2D eigenvalue weighted by molar-refractivity contribution is 7.86. The van der Waals surface area contributed by atoms with Gasteiger partial charge in [-0.25, -0.2) is 0 Å². The average molecular weight is 259 g/mol. The van der Waals surface area contributed by atoms with Gasteiger partial charge < -0.3 is 5.32 Å². The maximum Gasteiger partial charge on any atom is 0.0506 e. The van der Waals surface area contributed by atoms with Crippen LogP contribution in [0.15, 0.2) is 0 Å². The summed E-state index contributed by atoms with van der Waals surface area (Å²) in [5.41, 5.74) is 0. The monoisotopic (exact) mass is 259 g/mol. The molecule has 4 atom stereocenters. The van der Waals surface area contributed by atoms with Crippen molar-refractivity contribution in [1.29, 1.82) is 0 Å². The van der Waals surface area contributed by atoms with Crippen molar-refractivity contribution < 1.29 is 4.21 Å². The van der Waals surface area contributed by atoms with Gasteiger partial charge in [-0.1, -0.05) is 34.6 Å². The fraction of sp³-hybridized carbons (Fsp3) is 1.00. The summed E-state index contributed by atoms with van der Waals surface area (Å²) < 4.78 is 12.4. The largest absolute Gasteiger partial charge is 0.313 e. The summed E-state index contributed by atoms with van der Waals surface area (Å²) in [6, 6.07) is 0.471. The van der Waals surface area contributed by atoms with E-state index in [9.17, 15) is 4.21 Å². The van der Waals surface area contributed by atoms with Crippen LogP contribution in [0.2, 0.25) is 0 Å². The Labute approximate surface area is 109 Å². The van der Waals surface area contributed by atoms with Crippen LogP contribution in [0.3, 0.4) is 0 Å². The maximum atomic E-state index is 12.4. The van der Waals surface area contributed by atoms with Crippen LogP contribution in [0.1, 0.15) is 53.9 Å². The zero-order valence-corrected chi connectivity index (χ0v) is 12.8. The molecule has 0 radical (unpaired) electrons. The molecule has 4 unspecified atom stereocenters. The first kappa shape index (κ1) is 15.2. The predicted octanol–water partition coefficient (Wildman–Crippen LogP) is 2.95. The molecule has 1 aliphatic rings. The highest BCUT2D eigenvalue weighted by atomic mass is 32.2. The molecule has 0 aliphatic heterocycles. The minimum absolute atomic E-state index is 0.284. The van der Waals surface area contributed by atoms with E-state index in [4.69, 9.17) is 0 Å². The zero-order valence-electron chi connectivity index (χ0n) is 12.0. The molecule has 1 fully saturated rings. The van der Waals surface area contributed by atoms with Crippen molar-refractivity contribution in [2.45, 2.75) is 70.4 Å². The van der Waals surface area contributed by atoms with Crippen molar-refractivity contribution in [2.24, 2.45) is 11.8 Å². The number of hydrogen-bond acceptors (Lipinski definition) is 2. The van der Waals surface area contributed by atoms with Crippen molar-refractivity contribution in [3.8, 4) is 0 Å². The fourth-order valence-corrected chi connectivity index (χ4v) is 4.56. The highest BCUT2D eigenvalue weighted by Crippen LogP contribution is 2.33. The molecule has 3 heteroatoms. The summed E-state index contributed by atoms with van der Waals surface area (Å²) in [6.07, 6.45) is 3.63. The van der Waals surface area contributed by atoms with Crippen LogP contribution >= 0.6 is 0 Å². The van der Waals surface area contributed by atoms with Crippen LogP contribution < -0.4 is 5.32 Å². The molecular weight excluding hydrogens is 230 g/mol. The van der Waals surface area contributed by atoms with Crippen molar-refractivity contribution in [3.05, 3.63) is 0 Å². The fourth-order valence-electron chi connectivity index (χ4n) is 2.87. The van der Waals surface area contributed by atoms with Gasteiger partial charge in [0.2, 0.25) is 0 Å². The Balaban J connectivity index is 2.72. The lowest BCUT2D eigenvalue weighted by Crippen LogP contribution is -2.48. The number of hydrogen-bond donors (Lipinski definition) is 1. The Morgan fingerprint density at radius 3 is 2.35 bits per heavy atom. The van der Waals surface area contributed by atoms with Crippen molar-refractivity contribution in [3.63, 3.8) is 0 Å². The van der Waals surface area contributed by atoms with E-state index >= 15 is 0 Å². The minimum Gasteiger partial charge on any atom is -0.313 e. The summed E-state index contributed by atoms with van der Waals surface area (Å²) in [4.78, 5) is 0. The minimum atomic E-state index is -0.689. The first-order valence-corrected chi connectivity index (χ1v) is 8.37. The topological polar surface area (TPSA) is 29.1 Å². The van der Waals surface area contributed by atoms with Crippen LogP contribution in [0, 0.1) is 11.8 Å². The van der Waals surface area contributed by atoms with Crippen LogP contribution in [-0.2, 0) is 10.8 Å².